The van der Waals surface area contributed by atoms with Gasteiger partial charge in [-0.3, -0.25) is 0 Å². The lowest BCUT2D eigenvalue weighted by molar-refractivity contribution is 0.329. The summed E-state index contributed by atoms with van der Waals surface area (Å²) in [6.07, 6.45) is 3.77. The summed E-state index contributed by atoms with van der Waals surface area (Å²) in [4.78, 5) is 4.33. The van der Waals surface area contributed by atoms with Gasteiger partial charge >= 0.3 is 0 Å². The quantitative estimate of drug-likeness (QED) is 0.793. The molecule has 1 aliphatic carbocycles. The minimum Gasteiger partial charge on any atom is -0.476 e. The van der Waals surface area contributed by atoms with Crippen molar-refractivity contribution in [2.45, 2.75) is 32.2 Å². The average Bonchev–Trinajstić information content (AvgIpc) is 2.17. The van der Waals surface area contributed by atoms with Gasteiger partial charge in [-0.2, -0.15) is 4.98 Å². The molecule has 0 spiro atoms. The maximum atomic E-state index is 5.74. The molecular weight excluding hydrogens is 190 g/mol. The van der Waals surface area contributed by atoms with Gasteiger partial charge in [0, 0.05) is 6.04 Å². The van der Waals surface area contributed by atoms with Crippen LogP contribution < -0.4 is 15.8 Å². The molecule has 0 bridgehead atoms. The van der Waals surface area contributed by atoms with E-state index >= 15 is 0 Å². The van der Waals surface area contributed by atoms with E-state index in [0.717, 1.165) is 5.82 Å². The van der Waals surface area contributed by atoms with Gasteiger partial charge in [0.25, 0.3) is 0 Å². The molecule has 4 nitrogen and oxygen atoms in total. The second-order valence-corrected chi connectivity index (χ2v) is 3.80. The van der Waals surface area contributed by atoms with Gasteiger partial charge in [0.05, 0.1) is 12.3 Å². The maximum Gasteiger partial charge on any atom is 0.239 e. The Labute approximate surface area is 89.8 Å². The van der Waals surface area contributed by atoms with Crippen LogP contribution in [0.2, 0.25) is 0 Å². The van der Waals surface area contributed by atoms with E-state index in [4.69, 9.17) is 10.5 Å². The highest BCUT2D eigenvalue weighted by molar-refractivity contribution is 5.53. The third-order valence-electron chi connectivity index (χ3n) is 2.63. The molecule has 82 valence electrons. The van der Waals surface area contributed by atoms with Crippen molar-refractivity contribution >= 4 is 11.5 Å². The topological polar surface area (TPSA) is 60.2 Å². The van der Waals surface area contributed by atoms with Crippen LogP contribution in [0.25, 0.3) is 0 Å². The summed E-state index contributed by atoms with van der Waals surface area (Å²) < 4.78 is 5.33. The number of hydrogen-bond donors (Lipinski definition) is 2. The lowest BCUT2D eigenvalue weighted by Gasteiger charge is -2.27. The first kappa shape index (κ1) is 10.1. The van der Waals surface area contributed by atoms with Crippen molar-refractivity contribution in [3.63, 3.8) is 0 Å². The summed E-state index contributed by atoms with van der Waals surface area (Å²) in [5, 5.41) is 3.36. The predicted molar refractivity (Wildman–Crippen MR) is 61.1 cm³/mol. The number of aromatic nitrogens is 1. The summed E-state index contributed by atoms with van der Waals surface area (Å²) in [6, 6.07) is 4.31. The van der Waals surface area contributed by atoms with Gasteiger partial charge in [0.2, 0.25) is 5.88 Å². The molecule has 1 aromatic rings. The number of ether oxygens (including phenoxy) is 1. The van der Waals surface area contributed by atoms with Crippen LogP contribution in [-0.4, -0.2) is 17.6 Å². The molecule has 0 radical (unpaired) electrons. The van der Waals surface area contributed by atoms with Gasteiger partial charge in [-0.1, -0.05) is 0 Å². The molecule has 1 saturated carbocycles. The Kier molecular flexibility index (Phi) is 2.94. The number of pyridine rings is 1. The SMILES string of the molecule is CCOc1nc(NC2CCC2)ccc1N. The highest BCUT2D eigenvalue weighted by atomic mass is 16.5. The van der Waals surface area contributed by atoms with Gasteiger partial charge in [-0.15, -0.1) is 0 Å². The van der Waals surface area contributed by atoms with Crippen molar-refractivity contribution in [2.24, 2.45) is 0 Å². The molecule has 2 rings (SSSR count). The van der Waals surface area contributed by atoms with Gasteiger partial charge in [0.15, 0.2) is 0 Å². The molecule has 1 aromatic heterocycles. The second kappa shape index (κ2) is 4.38. The van der Waals surface area contributed by atoms with Crippen molar-refractivity contribution in [2.75, 3.05) is 17.7 Å². The van der Waals surface area contributed by atoms with E-state index < -0.39 is 0 Å². The highest BCUT2D eigenvalue weighted by Gasteiger charge is 2.17. The van der Waals surface area contributed by atoms with E-state index in [1.54, 1.807) is 0 Å². The molecule has 1 heterocycles. The van der Waals surface area contributed by atoms with Gasteiger partial charge in [0.1, 0.15) is 5.82 Å². The largest absolute Gasteiger partial charge is 0.476 e. The molecule has 4 heteroatoms. The maximum absolute atomic E-state index is 5.74. The predicted octanol–water partition coefficient (Wildman–Crippen LogP) is 2.03. The number of nitrogens with two attached hydrogens (primary N) is 1. The standard InChI is InChI=1S/C11H17N3O/c1-2-15-11-9(12)6-7-10(14-11)13-8-4-3-5-8/h6-8H,2-5,12H2,1H3,(H,13,14). The van der Waals surface area contributed by atoms with Crippen LogP contribution in [0.3, 0.4) is 0 Å². The summed E-state index contributed by atoms with van der Waals surface area (Å²) in [5.74, 6) is 1.39. The second-order valence-electron chi connectivity index (χ2n) is 3.80. The van der Waals surface area contributed by atoms with Crippen LogP contribution in [0.4, 0.5) is 11.5 Å². The van der Waals surface area contributed by atoms with E-state index in [1.165, 1.54) is 19.3 Å². The number of nitrogens with one attached hydrogen (secondary N) is 1. The molecule has 0 amide bonds. The molecule has 0 unspecified atom stereocenters. The lowest BCUT2D eigenvalue weighted by Crippen LogP contribution is -2.27. The van der Waals surface area contributed by atoms with E-state index in [-0.39, 0.29) is 0 Å². The van der Waals surface area contributed by atoms with Crippen molar-refractivity contribution < 1.29 is 4.74 Å². The fraction of sp³-hybridized carbons (Fsp3) is 0.545. The van der Waals surface area contributed by atoms with Crippen LogP contribution >= 0.6 is 0 Å². The number of anilines is 2. The molecule has 0 atom stereocenters. The van der Waals surface area contributed by atoms with E-state index in [9.17, 15) is 0 Å². The Bertz CT molecular complexity index is 337. The molecule has 15 heavy (non-hydrogen) atoms. The number of nitrogen functional groups attached to an aromatic ring is 1. The van der Waals surface area contributed by atoms with E-state index in [0.29, 0.717) is 24.2 Å². The first-order valence-electron chi connectivity index (χ1n) is 5.45. The Balaban J connectivity index is 2.06. The molecule has 0 aliphatic heterocycles. The molecule has 1 fully saturated rings. The summed E-state index contributed by atoms with van der Waals surface area (Å²) in [7, 11) is 0. The smallest absolute Gasteiger partial charge is 0.239 e. The van der Waals surface area contributed by atoms with Crippen molar-refractivity contribution in [3.05, 3.63) is 12.1 Å². The molecule has 1 aliphatic rings. The van der Waals surface area contributed by atoms with Crippen LogP contribution in [0.15, 0.2) is 12.1 Å². The molecule has 0 saturated heterocycles. The van der Waals surface area contributed by atoms with Crippen molar-refractivity contribution in [3.8, 4) is 5.88 Å². The number of hydrogen-bond acceptors (Lipinski definition) is 4. The highest BCUT2D eigenvalue weighted by Crippen LogP contribution is 2.25. The fourth-order valence-electron chi connectivity index (χ4n) is 1.55. The Morgan fingerprint density at radius 2 is 2.33 bits per heavy atom. The Morgan fingerprint density at radius 3 is 2.93 bits per heavy atom. The van der Waals surface area contributed by atoms with Crippen molar-refractivity contribution in [1.29, 1.82) is 0 Å². The van der Waals surface area contributed by atoms with Gasteiger partial charge in [-0.25, -0.2) is 0 Å². The summed E-state index contributed by atoms with van der Waals surface area (Å²) >= 11 is 0. The minimum absolute atomic E-state index is 0.529. The zero-order chi connectivity index (χ0) is 10.7. The lowest BCUT2D eigenvalue weighted by atomic mass is 9.93. The summed E-state index contributed by atoms with van der Waals surface area (Å²) in [5.41, 5.74) is 6.33. The zero-order valence-electron chi connectivity index (χ0n) is 8.99. The van der Waals surface area contributed by atoms with Crippen LogP contribution in [-0.2, 0) is 0 Å². The molecule has 3 N–H and O–H groups in total. The number of nitrogens with zero attached hydrogens (tertiary/aromatic N) is 1. The third-order valence-corrected chi connectivity index (χ3v) is 2.63. The Morgan fingerprint density at radius 1 is 1.53 bits per heavy atom. The third kappa shape index (κ3) is 2.32. The first-order chi connectivity index (χ1) is 7.29. The average molecular weight is 207 g/mol. The number of rotatable bonds is 4. The van der Waals surface area contributed by atoms with Gasteiger partial charge < -0.3 is 15.8 Å². The fourth-order valence-corrected chi connectivity index (χ4v) is 1.55. The zero-order valence-corrected chi connectivity index (χ0v) is 8.99. The van der Waals surface area contributed by atoms with E-state index in [2.05, 4.69) is 10.3 Å². The van der Waals surface area contributed by atoms with Crippen LogP contribution in [0, 0.1) is 0 Å². The van der Waals surface area contributed by atoms with Crippen LogP contribution in [0.5, 0.6) is 5.88 Å². The Hall–Kier alpha value is -1.45. The van der Waals surface area contributed by atoms with Gasteiger partial charge in [-0.05, 0) is 38.3 Å². The first-order valence-corrected chi connectivity index (χ1v) is 5.45. The molecular formula is C11H17N3O. The normalized spacial score (nSPS) is 15.8. The van der Waals surface area contributed by atoms with E-state index in [1.807, 2.05) is 19.1 Å². The minimum atomic E-state index is 0.529. The van der Waals surface area contributed by atoms with Crippen molar-refractivity contribution in [1.82, 2.24) is 4.98 Å². The molecule has 0 aromatic carbocycles. The summed E-state index contributed by atoms with van der Waals surface area (Å²) in [6.45, 7) is 2.51. The monoisotopic (exact) mass is 207 g/mol. The van der Waals surface area contributed by atoms with Crippen LogP contribution in [0.1, 0.15) is 26.2 Å².